The Bertz CT molecular complexity index is 609. The van der Waals surface area contributed by atoms with Crippen LogP contribution in [0.15, 0.2) is 48.5 Å². The quantitative estimate of drug-likeness (QED) is 0.729. The Morgan fingerprint density at radius 2 is 1.32 bits per heavy atom. The molecule has 1 heterocycles. The first kappa shape index (κ1) is 19.8. The van der Waals surface area contributed by atoms with Crippen LogP contribution < -0.4 is 0 Å². The van der Waals surface area contributed by atoms with E-state index >= 15 is 0 Å². The number of rotatable bonds is 6. The molecule has 0 spiro atoms. The molecule has 0 aromatic heterocycles. The first-order chi connectivity index (χ1) is 11.6. The molecule has 0 atom stereocenters. The van der Waals surface area contributed by atoms with Crippen molar-refractivity contribution < 1.29 is 13.5 Å². The molecule has 1 aliphatic heterocycles. The summed E-state index contributed by atoms with van der Waals surface area (Å²) in [5, 5.41) is 0. The van der Waals surface area contributed by atoms with Gasteiger partial charge >= 0.3 is 0 Å². The highest BCUT2D eigenvalue weighted by Gasteiger charge is 2.30. The van der Waals surface area contributed by atoms with Crippen LogP contribution in [0.2, 0.25) is 0 Å². The van der Waals surface area contributed by atoms with E-state index in [1.807, 2.05) is 6.92 Å². The van der Waals surface area contributed by atoms with Crippen LogP contribution >= 0.6 is 12.4 Å². The highest BCUT2D eigenvalue weighted by molar-refractivity contribution is 5.85. The minimum Gasteiger partial charge on any atom is -0.365 e. The van der Waals surface area contributed by atoms with Crippen LogP contribution in [0, 0.1) is 11.6 Å². The van der Waals surface area contributed by atoms with Gasteiger partial charge in [-0.25, -0.2) is 8.78 Å². The topological polar surface area (TPSA) is 12.5 Å². The molecule has 25 heavy (non-hydrogen) atoms. The van der Waals surface area contributed by atoms with Crippen molar-refractivity contribution in [2.45, 2.75) is 25.4 Å². The van der Waals surface area contributed by atoms with E-state index in [4.69, 9.17) is 4.74 Å². The number of ether oxygens (including phenoxy) is 1. The van der Waals surface area contributed by atoms with E-state index in [1.54, 1.807) is 24.3 Å². The maximum absolute atomic E-state index is 13.3. The van der Waals surface area contributed by atoms with Crippen molar-refractivity contribution in [2.75, 3.05) is 26.2 Å². The fraction of sp³-hybridized carbons (Fsp3) is 0.400. The second-order valence-corrected chi connectivity index (χ2v) is 6.44. The monoisotopic (exact) mass is 367 g/mol. The van der Waals surface area contributed by atoms with Crippen LogP contribution in [-0.4, -0.2) is 31.1 Å². The van der Waals surface area contributed by atoms with Crippen LogP contribution in [0.1, 0.15) is 30.9 Å². The third kappa shape index (κ3) is 4.78. The maximum Gasteiger partial charge on any atom is 0.123 e. The summed E-state index contributed by atoms with van der Waals surface area (Å²) in [4.78, 5) is 2.38. The summed E-state index contributed by atoms with van der Waals surface area (Å²) in [7, 11) is 0. The number of nitrogens with zero attached hydrogens (tertiary/aromatic N) is 1. The molecule has 0 saturated carbocycles. The van der Waals surface area contributed by atoms with E-state index < -0.39 is 5.60 Å². The molecule has 136 valence electrons. The molecule has 1 aliphatic rings. The van der Waals surface area contributed by atoms with Gasteiger partial charge in [0.05, 0.1) is 6.61 Å². The lowest BCUT2D eigenvalue weighted by molar-refractivity contribution is -0.0124. The predicted octanol–water partition coefficient (Wildman–Crippen LogP) is 4.76. The van der Waals surface area contributed by atoms with Crippen molar-refractivity contribution in [2.24, 2.45) is 0 Å². The Morgan fingerprint density at radius 1 is 0.880 bits per heavy atom. The summed E-state index contributed by atoms with van der Waals surface area (Å²) in [6, 6.07) is 12.6. The molecule has 5 heteroatoms. The van der Waals surface area contributed by atoms with Gasteiger partial charge in [0.15, 0.2) is 0 Å². The second kappa shape index (κ2) is 8.75. The summed E-state index contributed by atoms with van der Waals surface area (Å²) in [6.45, 7) is 5.64. The van der Waals surface area contributed by atoms with E-state index in [0.29, 0.717) is 6.61 Å². The van der Waals surface area contributed by atoms with Crippen molar-refractivity contribution in [3.8, 4) is 0 Å². The van der Waals surface area contributed by atoms with Gasteiger partial charge in [0.1, 0.15) is 17.2 Å². The summed E-state index contributed by atoms with van der Waals surface area (Å²) < 4.78 is 32.8. The maximum atomic E-state index is 13.3. The first-order valence-corrected chi connectivity index (χ1v) is 8.46. The fourth-order valence-electron chi connectivity index (χ4n) is 3.25. The molecular weight excluding hydrogens is 344 g/mol. The van der Waals surface area contributed by atoms with Gasteiger partial charge < -0.3 is 9.64 Å². The number of likely N-dealkylation sites (tertiary alicyclic amines) is 1. The van der Waals surface area contributed by atoms with Gasteiger partial charge in [0, 0.05) is 6.54 Å². The first-order valence-electron chi connectivity index (χ1n) is 8.46. The lowest BCUT2D eigenvalue weighted by Gasteiger charge is -2.32. The van der Waals surface area contributed by atoms with Crippen molar-refractivity contribution in [3.05, 3.63) is 71.3 Å². The number of hydrogen-bond donors (Lipinski definition) is 0. The number of benzene rings is 2. The van der Waals surface area contributed by atoms with Crippen LogP contribution in [-0.2, 0) is 10.3 Å². The zero-order valence-electron chi connectivity index (χ0n) is 14.4. The smallest absolute Gasteiger partial charge is 0.123 e. The number of hydrogen-bond acceptors (Lipinski definition) is 2. The van der Waals surface area contributed by atoms with E-state index in [1.165, 1.54) is 37.1 Å². The Morgan fingerprint density at radius 3 is 1.76 bits per heavy atom. The van der Waals surface area contributed by atoms with Crippen LogP contribution in [0.4, 0.5) is 8.78 Å². The zero-order valence-corrected chi connectivity index (χ0v) is 15.2. The molecular formula is C20H24ClF2NO. The predicted molar refractivity (Wildman–Crippen MR) is 98.1 cm³/mol. The molecule has 3 rings (SSSR count). The van der Waals surface area contributed by atoms with E-state index in [0.717, 1.165) is 30.8 Å². The van der Waals surface area contributed by atoms with Crippen molar-refractivity contribution in [1.29, 1.82) is 0 Å². The number of halogens is 3. The lowest BCUT2D eigenvalue weighted by atomic mass is 9.88. The van der Waals surface area contributed by atoms with E-state index in [9.17, 15) is 8.78 Å². The minimum atomic E-state index is -0.735. The standard InChI is InChI=1S/C20H23F2NO.ClH/c1-20(16-4-8-18(21)9-5-16,17-6-10-19(22)11-7-17)24-15-14-23-12-2-3-13-23;/h4-11H,2-3,12-15H2,1H3;1H. The average Bonchev–Trinajstić information content (AvgIpc) is 3.09. The summed E-state index contributed by atoms with van der Waals surface area (Å²) in [5.41, 5.74) is 0.982. The average molecular weight is 368 g/mol. The van der Waals surface area contributed by atoms with Gasteiger partial charge in [0.2, 0.25) is 0 Å². The Kier molecular flexibility index (Phi) is 6.94. The van der Waals surface area contributed by atoms with Crippen molar-refractivity contribution >= 4 is 12.4 Å². The second-order valence-electron chi connectivity index (χ2n) is 6.44. The molecule has 0 bridgehead atoms. The molecule has 0 unspecified atom stereocenters. The molecule has 0 N–H and O–H groups in total. The van der Waals surface area contributed by atoms with Crippen LogP contribution in [0.5, 0.6) is 0 Å². The fourth-order valence-corrected chi connectivity index (χ4v) is 3.25. The normalized spacial score (nSPS) is 15.2. The van der Waals surface area contributed by atoms with Crippen molar-refractivity contribution in [1.82, 2.24) is 4.90 Å². The molecule has 2 aromatic carbocycles. The van der Waals surface area contributed by atoms with E-state index in [2.05, 4.69) is 4.90 Å². The van der Waals surface area contributed by atoms with Gasteiger partial charge in [-0.3, -0.25) is 0 Å². The third-order valence-corrected chi connectivity index (χ3v) is 4.79. The lowest BCUT2D eigenvalue weighted by Crippen LogP contribution is -2.32. The summed E-state index contributed by atoms with van der Waals surface area (Å²) in [6.07, 6.45) is 2.49. The highest BCUT2D eigenvalue weighted by atomic mass is 35.5. The Labute approximate surface area is 154 Å². The molecule has 1 saturated heterocycles. The molecule has 0 aliphatic carbocycles. The summed E-state index contributed by atoms with van der Waals surface area (Å²) >= 11 is 0. The molecule has 0 amide bonds. The zero-order chi connectivity index (χ0) is 17.0. The third-order valence-electron chi connectivity index (χ3n) is 4.79. The minimum absolute atomic E-state index is 0. The van der Waals surface area contributed by atoms with Crippen LogP contribution in [0.25, 0.3) is 0 Å². The Balaban J connectivity index is 0.00000225. The van der Waals surface area contributed by atoms with Gasteiger partial charge in [-0.15, -0.1) is 12.4 Å². The van der Waals surface area contributed by atoms with Crippen molar-refractivity contribution in [3.63, 3.8) is 0 Å². The SMILES string of the molecule is CC(OCCN1CCCC1)(c1ccc(F)cc1)c1ccc(F)cc1.Cl. The molecule has 2 aromatic rings. The molecule has 2 nitrogen and oxygen atoms in total. The van der Waals surface area contributed by atoms with Crippen LogP contribution in [0.3, 0.4) is 0 Å². The molecule has 0 radical (unpaired) electrons. The molecule has 1 fully saturated rings. The summed E-state index contributed by atoms with van der Waals surface area (Å²) in [5.74, 6) is -0.561. The van der Waals surface area contributed by atoms with Gasteiger partial charge in [-0.05, 0) is 68.2 Å². The van der Waals surface area contributed by atoms with E-state index in [-0.39, 0.29) is 24.0 Å². The largest absolute Gasteiger partial charge is 0.365 e. The Hall–Kier alpha value is -1.49. The highest BCUT2D eigenvalue weighted by Crippen LogP contribution is 2.33. The van der Waals surface area contributed by atoms with Gasteiger partial charge in [0.25, 0.3) is 0 Å². The van der Waals surface area contributed by atoms with Gasteiger partial charge in [-0.1, -0.05) is 24.3 Å². The van der Waals surface area contributed by atoms with Gasteiger partial charge in [-0.2, -0.15) is 0 Å².